The van der Waals surface area contributed by atoms with Crippen molar-refractivity contribution in [2.24, 2.45) is 0 Å². The Bertz CT molecular complexity index is 956. The number of hydrogen-bond donors (Lipinski definition) is 1. The maximum absolute atomic E-state index is 12.8. The molecule has 142 valence electrons. The molecule has 0 atom stereocenters. The quantitative estimate of drug-likeness (QED) is 0.787. The Balaban J connectivity index is 1.95. The molecule has 1 aromatic carbocycles. The lowest BCUT2D eigenvalue weighted by atomic mass is 10.1. The molecule has 2 aromatic rings. The number of Topliss-reactive ketones (excluding diaryl/α,β-unsaturated/α-hetero) is 1. The lowest BCUT2D eigenvalue weighted by molar-refractivity contribution is -0.137. The number of hydrogen-bond acceptors (Lipinski definition) is 5. The van der Waals surface area contributed by atoms with E-state index >= 15 is 0 Å². The highest BCUT2D eigenvalue weighted by molar-refractivity contribution is 6.16. The molecule has 0 fully saturated rings. The third kappa shape index (κ3) is 3.45. The van der Waals surface area contributed by atoms with Crippen LogP contribution in [-0.2, 0) is 17.8 Å². The third-order valence-corrected chi connectivity index (χ3v) is 4.82. The molecule has 0 bridgehead atoms. The van der Waals surface area contributed by atoms with Crippen LogP contribution in [0.2, 0.25) is 0 Å². The summed E-state index contributed by atoms with van der Waals surface area (Å²) in [6.45, 7) is 4.04. The Labute approximate surface area is 157 Å². The van der Waals surface area contributed by atoms with Gasteiger partial charge in [-0.2, -0.15) is 5.10 Å². The molecule has 1 heterocycles. The predicted octanol–water partition coefficient (Wildman–Crippen LogP) is 2.81. The van der Waals surface area contributed by atoms with E-state index in [1.807, 2.05) is 26.0 Å². The Kier molecular flexibility index (Phi) is 5.03. The molecule has 0 amide bonds. The zero-order chi connectivity index (χ0) is 19.7. The smallest absolute Gasteiger partial charge is 0.305 e. The molecular weight excluding hydrogens is 348 g/mol. The van der Waals surface area contributed by atoms with E-state index in [0.29, 0.717) is 35.6 Å². The van der Waals surface area contributed by atoms with Gasteiger partial charge in [-0.1, -0.05) is 0 Å². The Morgan fingerprint density at radius 2 is 1.93 bits per heavy atom. The van der Waals surface area contributed by atoms with E-state index in [4.69, 9.17) is 14.6 Å². The molecule has 7 nitrogen and oxygen atoms in total. The highest BCUT2D eigenvalue weighted by Crippen LogP contribution is 2.37. The fourth-order valence-electron chi connectivity index (χ4n) is 3.37. The van der Waals surface area contributed by atoms with E-state index in [0.717, 1.165) is 22.5 Å². The number of ketones is 1. The number of nitrogens with zero attached hydrogens (tertiary/aromatic N) is 2. The largest absolute Gasteiger partial charge is 0.493 e. The average molecular weight is 370 g/mol. The van der Waals surface area contributed by atoms with Crippen LogP contribution in [0, 0.1) is 13.8 Å². The van der Waals surface area contributed by atoms with Crippen LogP contribution in [0.1, 0.15) is 39.3 Å². The van der Waals surface area contributed by atoms with Gasteiger partial charge in [0, 0.05) is 28.8 Å². The Morgan fingerprint density at radius 3 is 2.56 bits per heavy atom. The SMILES string of the molecule is COc1cc2c(cc1OC)C(=O)C(=Cc1c(C)nn(CCC(=O)O)c1C)C2. The first-order chi connectivity index (χ1) is 12.8. The van der Waals surface area contributed by atoms with Crippen LogP contribution in [0.15, 0.2) is 17.7 Å². The summed E-state index contributed by atoms with van der Waals surface area (Å²) in [6.07, 6.45) is 2.37. The molecule has 0 saturated heterocycles. The summed E-state index contributed by atoms with van der Waals surface area (Å²) in [7, 11) is 3.11. The lowest BCUT2D eigenvalue weighted by Crippen LogP contribution is -2.07. The van der Waals surface area contributed by atoms with Crippen molar-refractivity contribution in [1.82, 2.24) is 9.78 Å². The number of aryl methyl sites for hydroxylation is 2. The second kappa shape index (κ2) is 7.26. The van der Waals surface area contributed by atoms with E-state index in [-0.39, 0.29) is 12.2 Å². The molecule has 0 spiro atoms. The van der Waals surface area contributed by atoms with Crippen molar-refractivity contribution in [3.63, 3.8) is 0 Å². The zero-order valence-electron chi connectivity index (χ0n) is 15.8. The van der Waals surface area contributed by atoms with Gasteiger partial charge >= 0.3 is 5.97 Å². The topological polar surface area (TPSA) is 90.7 Å². The number of benzene rings is 1. The number of aromatic nitrogens is 2. The summed E-state index contributed by atoms with van der Waals surface area (Å²) in [5.74, 6) is 0.216. The summed E-state index contributed by atoms with van der Waals surface area (Å²) in [5.41, 5.74) is 4.66. The van der Waals surface area contributed by atoms with Gasteiger partial charge in [-0.05, 0) is 37.6 Å². The van der Waals surface area contributed by atoms with Gasteiger partial charge in [0.2, 0.25) is 0 Å². The Morgan fingerprint density at radius 1 is 1.26 bits per heavy atom. The van der Waals surface area contributed by atoms with Crippen LogP contribution in [0.5, 0.6) is 11.5 Å². The summed E-state index contributed by atoms with van der Waals surface area (Å²) >= 11 is 0. The number of carbonyl (C=O) groups excluding carboxylic acids is 1. The highest BCUT2D eigenvalue weighted by Gasteiger charge is 2.28. The minimum atomic E-state index is -0.869. The molecule has 0 aliphatic heterocycles. The van der Waals surface area contributed by atoms with Crippen LogP contribution in [0.4, 0.5) is 0 Å². The monoisotopic (exact) mass is 370 g/mol. The van der Waals surface area contributed by atoms with Gasteiger partial charge in [0.05, 0.1) is 32.9 Å². The molecule has 1 N–H and O–H groups in total. The molecule has 1 aliphatic carbocycles. The molecule has 3 rings (SSSR count). The van der Waals surface area contributed by atoms with Crippen molar-refractivity contribution >= 4 is 17.8 Å². The maximum atomic E-state index is 12.8. The second-order valence-corrected chi connectivity index (χ2v) is 6.49. The van der Waals surface area contributed by atoms with Crippen molar-refractivity contribution in [3.8, 4) is 11.5 Å². The van der Waals surface area contributed by atoms with E-state index in [2.05, 4.69) is 5.10 Å². The number of ether oxygens (including phenoxy) is 2. The summed E-state index contributed by atoms with van der Waals surface area (Å²) in [5, 5.41) is 13.3. The number of carboxylic acid groups (broad SMARTS) is 1. The van der Waals surface area contributed by atoms with Gasteiger partial charge in [-0.15, -0.1) is 0 Å². The molecule has 0 unspecified atom stereocenters. The maximum Gasteiger partial charge on any atom is 0.305 e. The first kappa shape index (κ1) is 18.7. The van der Waals surface area contributed by atoms with Crippen LogP contribution >= 0.6 is 0 Å². The molecule has 1 aliphatic rings. The van der Waals surface area contributed by atoms with Gasteiger partial charge in [0.1, 0.15) is 0 Å². The number of carbonyl (C=O) groups is 2. The fourth-order valence-corrected chi connectivity index (χ4v) is 3.37. The normalized spacial score (nSPS) is 14.5. The van der Waals surface area contributed by atoms with Gasteiger partial charge < -0.3 is 14.6 Å². The molecule has 0 saturated carbocycles. The third-order valence-electron chi connectivity index (χ3n) is 4.82. The van der Waals surface area contributed by atoms with E-state index in [9.17, 15) is 9.59 Å². The second-order valence-electron chi connectivity index (χ2n) is 6.49. The molecule has 0 radical (unpaired) electrons. The molecule has 27 heavy (non-hydrogen) atoms. The number of allylic oxidation sites excluding steroid dienone is 1. The van der Waals surface area contributed by atoms with Gasteiger partial charge in [0.25, 0.3) is 0 Å². The summed E-state index contributed by atoms with van der Waals surface area (Å²) < 4.78 is 12.3. The van der Waals surface area contributed by atoms with Crippen LogP contribution in [-0.4, -0.2) is 40.9 Å². The van der Waals surface area contributed by atoms with Crippen molar-refractivity contribution in [2.75, 3.05) is 14.2 Å². The molecule has 1 aromatic heterocycles. The van der Waals surface area contributed by atoms with Crippen molar-refractivity contribution in [2.45, 2.75) is 33.2 Å². The standard InChI is InChI=1S/C20H22N2O5/c1-11-15(12(2)22(21-11)6-5-19(23)24)8-14-7-13-9-17(26-3)18(27-4)10-16(13)20(14)25/h8-10H,5-7H2,1-4H3,(H,23,24). The number of methoxy groups -OCH3 is 2. The van der Waals surface area contributed by atoms with Crippen molar-refractivity contribution in [3.05, 3.63) is 45.8 Å². The predicted molar refractivity (Wildman–Crippen MR) is 99.5 cm³/mol. The molecular formula is C20H22N2O5. The first-order valence-corrected chi connectivity index (χ1v) is 8.61. The lowest BCUT2D eigenvalue weighted by Gasteiger charge is -2.08. The van der Waals surface area contributed by atoms with Gasteiger partial charge in [-0.3, -0.25) is 14.3 Å². The van der Waals surface area contributed by atoms with Gasteiger partial charge in [-0.25, -0.2) is 0 Å². The van der Waals surface area contributed by atoms with Crippen molar-refractivity contribution < 1.29 is 24.2 Å². The fraction of sp³-hybridized carbons (Fsp3) is 0.350. The van der Waals surface area contributed by atoms with Crippen LogP contribution < -0.4 is 9.47 Å². The number of fused-ring (bicyclic) bond motifs is 1. The molecule has 7 heteroatoms. The van der Waals surface area contributed by atoms with Gasteiger partial charge in [0.15, 0.2) is 17.3 Å². The van der Waals surface area contributed by atoms with Crippen molar-refractivity contribution in [1.29, 1.82) is 0 Å². The highest BCUT2D eigenvalue weighted by atomic mass is 16.5. The van der Waals surface area contributed by atoms with E-state index in [1.165, 1.54) is 0 Å². The number of rotatable bonds is 6. The Hall–Kier alpha value is -3.09. The minimum Gasteiger partial charge on any atom is -0.493 e. The summed E-state index contributed by atoms with van der Waals surface area (Å²) in [6, 6.07) is 3.55. The van der Waals surface area contributed by atoms with E-state index < -0.39 is 5.97 Å². The first-order valence-electron chi connectivity index (χ1n) is 8.61. The summed E-state index contributed by atoms with van der Waals surface area (Å²) in [4.78, 5) is 23.7. The van der Waals surface area contributed by atoms with E-state index in [1.54, 1.807) is 25.0 Å². The number of carboxylic acids is 1. The number of aliphatic carboxylic acids is 1. The minimum absolute atomic E-state index is 0.00192. The average Bonchev–Trinajstić information content (AvgIpc) is 3.09. The van der Waals surface area contributed by atoms with Crippen LogP contribution in [0.3, 0.4) is 0 Å². The van der Waals surface area contributed by atoms with Crippen LogP contribution in [0.25, 0.3) is 6.08 Å². The zero-order valence-corrected chi connectivity index (χ0v) is 15.8.